The molecular weight excluding hydrogens is 476 g/mol. The summed E-state index contributed by atoms with van der Waals surface area (Å²) in [6.07, 6.45) is 3.50. The van der Waals surface area contributed by atoms with Crippen LogP contribution in [0.3, 0.4) is 0 Å². The van der Waals surface area contributed by atoms with Gasteiger partial charge >= 0.3 is 0 Å². The number of hydrogen-bond acceptors (Lipinski definition) is 5. The molecule has 4 aromatic rings. The second-order valence-corrected chi connectivity index (χ2v) is 9.36. The van der Waals surface area contributed by atoms with Crippen LogP contribution in [0.25, 0.3) is 10.8 Å². The Balaban J connectivity index is 1.37. The number of nitrogen functional groups attached to an aromatic ring is 1. The Labute approximate surface area is 222 Å². The molecule has 0 aliphatic carbocycles. The van der Waals surface area contributed by atoms with Gasteiger partial charge in [-0.15, -0.1) is 0 Å². The second kappa shape index (κ2) is 12.6. The zero-order valence-electron chi connectivity index (χ0n) is 21.4. The largest absolute Gasteiger partial charge is 0.383 e. The van der Waals surface area contributed by atoms with Crippen molar-refractivity contribution in [3.8, 4) is 0 Å². The third-order valence-electron chi connectivity index (χ3n) is 6.58. The first-order chi connectivity index (χ1) is 18.4. The van der Waals surface area contributed by atoms with E-state index in [4.69, 9.17) is 5.73 Å². The number of fused-ring (bicyclic) bond motifs is 1. The summed E-state index contributed by atoms with van der Waals surface area (Å²) in [4.78, 5) is 43.0. The molecular formula is C31H32N4O3. The van der Waals surface area contributed by atoms with Gasteiger partial charge in [-0.05, 0) is 60.9 Å². The van der Waals surface area contributed by atoms with Crippen molar-refractivity contribution in [3.63, 3.8) is 0 Å². The van der Waals surface area contributed by atoms with Crippen LogP contribution in [0.4, 0.5) is 5.82 Å². The van der Waals surface area contributed by atoms with Crippen molar-refractivity contribution in [2.24, 2.45) is 0 Å². The number of pyridine rings is 1. The Hall–Kier alpha value is -4.52. The molecule has 4 N–H and O–H groups in total. The number of hydrogen-bond donors (Lipinski definition) is 3. The van der Waals surface area contributed by atoms with Crippen molar-refractivity contribution in [1.29, 1.82) is 0 Å². The van der Waals surface area contributed by atoms with Gasteiger partial charge < -0.3 is 16.4 Å². The molecule has 194 valence electrons. The molecule has 7 nitrogen and oxygen atoms in total. The van der Waals surface area contributed by atoms with Gasteiger partial charge in [0.2, 0.25) is 5.91 Å². The molecule has 0 fully saturated rings. The third-order valence-corrected chi connectivity index (χ3v) is 6.58. The summed E-state index contributed by atoms with van der Waals surface area (Å²) in [6, 6.07) is 24.8. The zero-order chi connectivity index (χ0) is 26.9. The number of nitrogens with zero attached hydrogens (tertiary/aromatic N) is 1. The number of aromatic nitrogens is 1. The smallest absolute Gasteiger partial charge is 0.251 e. The van der Waals surface area contributed by atoms with Gasteiger partial charge in [0.1, 0.15) is 11.9 Å². The third kappa shape index (κ3) is 7.03. The molecule has 0 bridgehead atoms. The second-order valence-electron chi connectivity index (χ2n) is 9.36. The Kier molecular flexibility index (Phi) is 8.82. The summed E-state index contributed by atoms with van der Waals surface area (Å²) in [6.45, 7) is 1.68. The van der Waals surface area contributed by atoms with Crippen LogP contribution in [-0.2, 0) is 22.4 Å². The maximum absolute atomic E-state index is 13.2. The van der Waals surface area contributed by atoms with Gasteiger partial charge in [-0.1, -0.05) is 66.7 Å². The lowest BCUT2D eigenvalue weighted by atomic mass is 10.0. The Morgan fingerprint density at radius 1 is 0.842 bits per heavy atom. The lowest BCUT2D eigenvalue weighted by molar-refractivity contribution is -0.128. The van der Waals surface area contributed by atoms with E-state index in [1.54, 1.807) is 37.4 Å². The van der Waals surface area contributed by atoms with E-state index in [2.05, 4.69) is 15.6 Å². The fourth-order valence-corrected chi connectivity index (χ4v) is 4.34. The van der Waals surface area contributed by atoms with Crippen molar-refractivity contribution in [2.75, 3.05) is 5.73 Å². The van der Waals surface area contributed by atoms with E-state index in [9.17, 15) is 14.4 Å². The summed E-state index contributed by atoms with van der Waals surface area (Å²) in [5.41, 5.74) is 8.47. The first kappa shape index (κ1) is 26.5. The number of nitrogens with one attached hydrogen (secondary N) is 2. The highest BCUT2D eigenvalue weighted by atomic mass is 16.2. The number of aryl methyl sites for hydroxylation is 2. The van der Waals surface area contributed by atoms with Crippen molar-refractivity contribution in [2.45, 2.75) is 44.7 Å². The Morgan fingerprint density at radius 3 is 2.29 bits per heavy atom. The minimum Gasteiger partial charge on any atom is -0.383 e. The molecule has 0 saturated carbocycles. The van der Waals surface area contributed by atoms with Crippen LogP contribution in [-0.4, -0.2) is 34.7 Å². The molecule has 4 rings (SSSR count). The van der Waals surface area contributed by atoms with Crippen LogP contribution in [0.15, 0.2) is 91.1 Å². The van der Waals surface area contributed by atoms with Crippen LogP contribution < -0.4 is 16.4 Å². The van der Waals surface area contributed by atoms with Gasteiger partial charge in [0.05, 0.1) is 6.04 Å². The highest BCUT2D eigenvalue weighted by Crippen LogP contribution is 2.20. The molecule has 2 amide bonds. The number of ketones is 1. The molecule has 0 spiro atoms. The number of Topliss-reactive ketones (excluding diaryl/α,β-unsaturated/α-hetero) is 1. The van der Waals surface area contributed by atoms with Gasteiger partial charge in [-0.3, -0.25) is 14.4 Å². The molecule has 0 aliphatic heterocycles. The van der Waals surface area contributed by atoms with E-state index < -0.39 is 12.1 Å². The van der Waals surface area contributed by atoms with E-state index in [0.29, 0.717) is 30.6 Å². The average Bonchev–Trinajstić information content (AvgIpc) is 2.94. The summed E-state index contributed by atoms with van der Waals surface area (Å²) >= 11 is 0. The van der Waals surface area contributed by atoms with E-state index in [1.807, 2.05) is 60.7 Å². The molecule has 0 aliphatic rings. The van der Waals surface area contributed by atoms with Gasteiger partial charge in [0.15, 0.2) is 5.78 Å². The highest BCUT2D eigenvalue weighted by molar-refractivity contribution is 5.98. The number of carbonyl (C=O) groups is 3. The molecule has 0 radical (unpaired) electrons. The first-order valence-electron chi connectivity index (χ1n) is 12.8. The summed E-state index contributed by atoms with van der Waals surface area (Å²) < 4.78 is 0. The standard InChI is InChI=1S/C31H32N4O3/c1-21(28(36)17-14-23-12-15-26-25(20-23)18-19-33-29(26)32)34-31(38)27(16-13-22-8-4-2-5-9-22)35-30(37)24-10-6-3-7-11-24/h2-12,15,18-21,27H,13-14,16-17H2,1H3,(H2,32,33)(H,34,38)(H,35,37)/t21-,27+/m0/s1. The minimum atomic E-state index is -0.780. The van der Waals surface area contributed by atoms with Gasteiger partial charge in [-0.2, -0.15) is 0 Å². The number of carbonyl (C=O) groups excluding carboxylic acids is 3. The zero-order valence-corrected chi connectivity index (χ0v) is 21.4. The number of rotatable bonds is 11. The molecule has 0 saturated heterocycles. The topological polar surface area (TPSA) is 114 Å². The average molecular weight is 509 g/mol. The number of amides is 2. The quantitative estimate of drug-likeness (QED) is 0.280. The van der Waals surface area contributed by atoms with Gasteiger partial charge in [-0.25, -0.2) is 4.98 Å². The van der Waals surface area contributed by atoms with E-state index >= 15 is 0 Å². The molecule has 2 atom stereocenters. The summed E-state index contributed by atoms with van der Waals surface area (Å²) in [5, 5.41) is 7.52. The van der Waals surface area contributed by atoms with Crippen molar-refractivity contribution in [1.82, 2.24) is 15.6 Å². The van der Waals surface area contributed by atoms with E-state index in [1.165, 1.54) is 0 Å². The first-order valence-corrected chi connectivity index (χ1v) is 12.8. The molecule has 1 aromatic heterocycles. The van der Waals surface area contributed by atoms with Crippen molar-refractivity contribution < 1.29 is 14.4 Å². The fraction of sp³-hybridized carbons (Fsp3) is 0.226. The van der Waals surface area contributed by atoms with Crippen LogP contribution in [0.1, 0.15) is 41.3 Å². The van der Waals surface area contributed by atoms with Crippen molar-refractivity contribution in [3.05, 3.63) is 108 Å². The van der Waals surface area contributed by atoms with Crippen LogP contribution >= 0.6 is 0 Å². The van der Waals surface area contributed by atoms with Gasteiger partial charge in [0, 0.05) is 23.6 Å². The monoisotopic (exact) mass is 508 g/mol. The van der Waals surface area contributed by atoms with Crippen LogP contribution in [0.5, 0.6) is 0 Å². The number of nitrogens with two attached hydrogens (primary N) is 1. The SMILES string of the molecule is C[C@H](NC(=O)[C@@H](CCc1ccccc1)NC(=O)c1ccccc1)C(=O)CCc1ccc2c(N)nccc2c1. The molecule has 1 heterocycles. The molecule has 38 heavy (non-hydrogen) atoms. The fourth-order valence-electron chi connectivity index (χ4n) is 4.34. The predicted octanol–water partition coefficient (Wildman–Crippen LogP) is 4.25. The van der Waals surface area contributed by atoms with E-state index in [-0.39, 0.29) is 24.0 Å². The minimum absolute atomic E-state index is 0.0797. The summed E-state index contributed by atoms with van der Waals surface area (Å²) in [7, 11) is 0. The molecule has 3 aromatic carbocycles. The lowest BCUT2D eigenvalue weighted by Gasteiger charge is -2.21. The van der Waals surface area contributed by atoms with Crippen LogP contribution in [0.2, 0.25) is 0 Å². The number of anilines is 1. The molecule has 0 unspecified atom stereocenters. The maximum Gasteiger partial charge on any atom is 0.251 e. The normalized spacial score (nSPS) is 12.4. The Bertz CT molecular complexity index is 1410. The lowest BCUT2D eigenvalue weighted by Crippen LogP contribution is -2.51. The number of benzene rings is 3. The Morgan fingerprint density at radius 2 is 1.55 bits per heavy atom. The van der Waals surface area contributed by atoms with Crippen molar-refractivity contribution >= 4 is 34.2 Å². The van der Waals surface area contributed by atoms with Crippen LogP contribution in [0, 0.1) is 0 Å². The maximum atomic E-state index is 13.2. The molecule has 7 heteroatoms. The van der Waals surface area contributed by atoms with Gasteiger partial charge in [0.25, 0.3) is 5.91 Å². The predicted molar refractivity (Wildman–Crippen MR) is 150 cm³/mol. The van der Waals surface area contributed by atoms with E-state index in [0.717, 1.165) is 21.9 Å². The highest BCUT2D eigenvalue weighted by Gasteiger charge is 2.24. The summed E-state index contributed by atoms with van der Waals surface area (Å²) in [5.74, 6) is -0.309.